The van der Waals surface area contributed by atoms with Gasteiger partial charge in [0, 0.05) is 19.2 Å². The third kappa shape index (κ3) is 3.67. The first-order chi connectivity index (χ1) is 7.17. The summed E-state index contributed by atoms with van der Waals surface area (Å²) in [6.07, 6.45) is 2.22. The zero-order chi connectivity index (χ0) is 11.3. The Kier molecular flexibility index (Phi) is 4.82. The molecule has 1 rings (SSSR count). The lowest BCUT2D eigenvalue weighted by molar-refractivity contribution is 0.730. The highest BCUT2D eigenvalue weighted by molar-refractivity contribution is 6.29. The van der Waals surface area contributed by atoms with E-state index in [4.69, 9.17) is 11.6 Å². The van der Waals surface area contributed by atoms with Crippen molar-refractivity contribution in [3.63, 3.8) is 0 Å². The summed E-state index contributed by atoms with van der Waals surface area (Å²) in [5, 5.41) is 0.523. The Bertz CT molecular complexity index is 288. The lowest BCUT2D eigenvalue weighted by Crippen LogP contribution is -2.26. The lowest BCUT2D eigenvalue weighted by Gasteiger charge is -2.22. The van der Waals surface area contributed by atoms with Gasteiger partial charge in [-0.25, -0.2) is 9.97 Å². The second kappa shape index (κ2) is 5.91. The summed E-state index contributed by atoms with van der Waals surface area (Å²) >= 11 is 5.92. The van der Waals surface area contributed by atoms with Crippen molar-refractivity contribution in [1.82, 2.24) is 9.97 Å². The van der Waals surface area contributed by atoms with E-state index in [1.165, 1.54) is 0 Å². The maximum Gasteiger partial charge on any atom is 0.134 e. The van der Waals surface area contributed by atoms with E-state index >= 15 is 0 Å². The number of nitrogens with zero attached hydrogens (tertiary/aromatic N) is 3. The van der Waals surface area contributed by atoms with Crippen LogP contribution in [0.4, 0.5) is 5.82 Å². The number of hydrogen-bond donors (Lipinski definition) is 0. The maximum atomic E-state index is 5.92. The lowest BCUT2D eigenvalue weighted by atomic mass is 10.3. The van der Waals surface area contributed by atoms with E-state index in [9.17, 15) is 0 Å². The Balaban J connectivity index is 2.88. The zero-order valence-electron chi connectivity index (χ0n) is 9.63. The summed E-state index contributed by atoms with van der Waals surface area (Å²) in [4.78, 5) is 10.7. The van der Waals surface area contributed by atoms with E-state index in [-0.39, 0.29) is 0 Å². The van der Waals surface area contributed by atoms with Crippen LogP contribution in [0.3, 0.4) is 0 Å². The van der Waals surface area contributed by atoms with Crippen LogP contribution >= 0.6 is 11.6 Å². The summed E-state index contributed by atoms with van der Waals surface area (Å²) in [6.45, 7) is 8.23. The van der Waals surface area contributed by atoms with Gasteiger partial charge in [-0.2, -0.15) is 0 Å². The molecule has 0 radical (unpaired) electrons. The SMILES string of the molecule is CCCN(CCC)c1cc(Cl)nc(C)n1. The standard InChI is InChI=1S/C11H18ClN3/c1-4-6-15(7-5-2)11-8-10(12)13-9(3)14-11/h8H,4-7H2,1-3H3. The highest BCUT2D eigenvalue weighted by Crippen LogP contribution is 2.16. The molecule has 84 valence electrons. The minimum atomic E-state index is 0.523. The average Bonchev–Trinajstić information content (AvgIpc) is 2.16. The van der Waals surface area contributed by atoms with Gasteiger partial charge >= 0.3 is 0 Å². The van der Waals surface area contributed by atoms with E-state index in [1.54, 1.807) is 0 Å². The minimum absolute atomic E-state index is 0.523. The Labute approximate surface area is 96.5 Å². The molecule has 0 aromatic carbocycles. The number of anilines is 1. The molecule has 0 saturated heterocycles. The summed E-state index contributed by atoms with van der Waals surface area (Å²) in [5.41, 5.74) is 0. The monoisotopic (exact) mass is 227 g/mol. The number of rotatable bonds is 5. The Morgan fingerprint density at radius 2 is 1.80 bits per heavy atom. The van der Waals surface area contributed by atoms with Gasteiger partial charge in [0.1, 0.15) is 16.8 Å². The molecule has 0 aliphatic carbocycles. The van der Waals surface area contributed by atoms with Gasteiger partial charge in [0.05, 0.1) is 0 Å². The van der Waals surface area contributed by atoms with E-state index in [0.717, 1.165) is 37.6 Å². The molecule has 0 fully saturated rings. The van der Waals surface area contributed by atoms with Crippen LogP contribution in [-0.2, 0) is 0 Å². The van der Waals surface area contributed by atoms with E-state index in [1.807, 2.05) is 13.0 Å². The minimum Gasteiger partial charge on any atom is -0.356 e. The number of halogens is 1. The van der Waals surface area contributed by atoms with Crippen LogP contribution in [0.1, 0.15) is 32.5 Å². The number of aryl methyl sites for hydroxylation is 1. The predicted molar refractivity (Wildman–Crippen MR) is 64.6 cm³/mol. The Morgan fingerprint density at radius 1 is 1.20 bits per heavy atom. The van der Waals surface area contributed by atoms with Crippen molar-refractivity contribution < 1.29 is 0 Å². The van der Waals surface area contributed by atoms with Gasteiger partial charge < -0.3 is 4.90 Å². The maximum absolute atomic E-state index is 5.92. The van der Waals surface area contributed by atoms with Crippen molar-refractivity contribution in [2.24, 2.45) is 0 Å². The predicted octanol–water partition coefficient (Wildman–Crippen LogP) is 3.06. The van der Waals surface area contributed by atoms with Crippen LogP contribution in [0.15, 0.2) is 6.07 Å². The molecule has 0 saturated carbocycles. The van der Waals surface area contributed by atoms with Gasteiger partial charge in [0.2, 0.25) is 0 Å². The third-order valence-electron chi connectivity index (χ3n) is 2.10. The first-order valence-corrected chi connectivity index (χ1v) is 5.81. The molecule has 0 aliphatic rings. The molecular weight excluding hydrogens is 210 g/mol. The van der Waals surface area contributed by atoms with E-state index in [2.05, 4.69) is 28.7 Å². The first kappa shape index (κ1) is 12.2. The largest absolute Gasteiger partial charge is 0.356 e. The zero-order valence-corrected chi connectivity index (χ0v) is 10.4. The summed E-state index contributed by atoms with van der Waals surface area (Å²) < 4.78 is 0. The molecule has 1 aromatic rings. The van der Waals surface area contributed by atoms with Crippen LogP contribution in [0.25, 0.3) is 0 Å². The van der Waals surface area contributed by atoms with Crippen LogP contribution in [0, 0.1) is 6.92 Å². The highest BCUT2D eigenvalue weighted by Gasteiger charge is 2.07. The number of aromatic nitrogens is 2. The normalized spacial score (nSPS) is 10.4. The smallest absolute Gasteiger partial charge is 0.134 e. The Morgan fingerprint density at radius 3 is 2.27 bits per heavy atom. The molecule has 0 aliphatic heterocycles. The highest BCUT2D eigenvalue weighted by atomic mass is 35.5. The molecule has 15 heavy (non-hydrogen) atoms. The fourth-order valence-corrected chi connectivity index (χ4v) is 1.78. The molecule has 0 amide bonds. The van der Waals surface area contributed by atoms with Gasteiger partial charge in [0.25, 0.3) is 0 Å². The van der Waals surface area contributed by atoms with Crippen molar-refractivity contribution in [3.05, 3.63) is 17.0 Å². The average molecular weight is 228 g/mol. The van der Waals surface area contributed by atoms with Gasteiger partial charge in [-0.3, -0.25) is 0 Å². The first-order valence-electron chi connectivity index (χ1n) is 5.43. The van der Waals surface area contributed by atoms with Crippen molar-refractivity contribution in [1.29, 1.82) is 0 Å². The molecule has 0 bridgehead atoms. The van der Waals surface area contributed by atoms with E-state index < -0.39 is 0 Å². The molecule has 0 spiro atoms. The molecule has 4 heteroatoms. The molecule has 1 heterocycles. The van der Waals surface area contributed by atoms with Crippen LogP contribution in [0.2, 0.25) is 5.15 Å². The van der Waals surface area contributed by atoms with Crippen LogP contribution in [0.5, 0.6) is 0 Å². The fraction of sp³-hybridized carbons (Fsp3) is 0.636. The second-order valence-electron chi connectivity index (χ2n) is 3.58. The van der Waals surface area contributed by atoms with Crippen molar-refractivity contribution in [3.8, 4) is 0 Å². The van der Waals surface area contributed by atoms with Crippen LogP contribution in [-0.4, -0.2) is 23.1 Å². The van der Waals surface area contributed by atoms with Crippen molar-refractivity contribution in [2.45, 2.75) is 33.6 Å². The third-order valence-corrected chi connectivity index (χ3v) is 2.30. The second-order valence-corrected chi connectivity index (χ2v) is 3.97. The summed E-state index contributed by atoms with van der Waals surface area (Å²) in [5.74, 6) is 1.67. The molecule has 1 aromatic heterocycles. The molecular formula is C11H18ClN3. The van der Waals surface area contributed by atoms with Gasteiger partial charge in [-0.05, 0) is 19.8 Å². The quantitative estimate of drug-likeness (QED) is 0.724. The molecule has 3 nitrogen and oxygen atoms in total. The van der Waals surface area contributed by atoms with Crippen LogP contribution < -0.4 is 4.90 Å². The fourth-order valence-electron chi connectivity index (χ4n) is 1.56. The molecule has 0 atom stereocenters. The van der Waals surface area contributed by atoms with E-state index in [0.29, 0.717) is 5.15 Å². The molecule has 0 unspecified atom stereocenters. The summed E-state index contributed by atoms with van der Waals surface area (Å²) in [6, 6.07) is 1.83. The van der Waals surface area contributed by atoms with Crippen molar-refractivity contribution in [2.75, 3.05) is 18.0 Å². The van der Waals surface area contributed by atoms with Gasteiger partial charge in [-0.15, -0.1) is 0 Å². The van der Waals surface area contributed by atoms with Gasteiger partial charge in [-0.1, -0.05) is 25.4 Å². The van der Waals surface area contributed by atoms with Gasteiger partial charge in [0.15, 0.2) is 0 Å². The molecule has 0 N–H and O–H groups in total. The Hall–Kier alpha value is -0.830. The number of hydrogen-bond acceptors (Lipinski definition) is 3. The summed E-state index contributed by atoms with van der Waals surface area (Å²) in [7, 11) is 0. The topological polar surface area (TPSA) is 29.0 Å². The van der Waals surface area contributed by atoms with Crippen molar-refractivity contribution >= 4 is 17.4 Å².